The minimum atomic E-state index is -4.26. The molecule has 20 heavy (non-hydrogen) atoms. The van der Waals surface area contributed by atoms with E-state index in [0.717, 1.165) is 0 Å². The quantitative estimate of drug-likeness (QED) is 0.654. The van der Waals surface area contributed by atoms with Gasteiger partial charge in [0.15, 0.2) is 0 Å². The van der Waals surface area contributed by atoms with Gasteiger partial charge in [-0.2, -0.15) is 8.78 Å². The van der Waals surface area contributed by atoms with Crippen molar-refractivity contribution in [3.8, 4) is 11.8 Å². The maximum atomic E-state index is 12.6. The van der Waals surface area contributed by atoms with E-state index in [1.807, 2.05) is 0 Å². The van der Waals surface area contributed by atoms with E-state index < -0.39 is 24.8 Å². The van der Waals surface area contributed by atoms with Crippen LogP contribution in [0.2, 0.25) is 0 Å². The molecule has 0 aromatic heterocycles. The third kappa shape index (κ3) is 4.55. The minimum Gasteiger partial charge on any atom is -0.384 e. The normalized spacial score (nSPS) is 10.9. The first-order valence-corrected chi connectivity index (χ1v) is 5.51. The number of carbonyl (C=O) groups excluding carboxylic acids is 1. The van der Waals surface area contributed by atoms with Crippen molar-refractivity contribution >= 4 is 5.91 Å². The highest BCUT2D eigenvalue weighted by molar-refractivity contribution is 5.94. The zero-order valence-electron chi connectivity index (χ0n) is 10.2. The second kappa shape index (κ2) is 6.91. The summed E-state index contributed by atoms with van der Waals surface area (Å²) in [5.74, 6) is -0.170. The molecule has 0 bridgehead atoms. The van der Waals surface area contributed by atoms with Crippen LogP contribution in [-0.2, 0) is 0 Å². The Morgan fingerprint density at radius 3 is 2.40 bits per heavy atom. The van der Waals surface area contributed by atoms with E-state index in [4.69, 9.17) is 5.11 Å². The van der Waals surface area contributed by atoms with Crippen molar-refractivity contribution in [1.82, 2.24) is 5.32 Å². The molecule has 3 nitrogen and oxygen atoms in total. The summed E-state index contributed by atoms with van der Waals surface area (Å²) in [5, 5.41) is 10.2. The van der Waals surface area contributed by atoms with Crippen LogP contribution >= 0.6 is 0 Å². The van der Waals surface area contributed by atoms with Gasteiger partial charge < -0.3 is 10.4 Å². The van der Waals surface area contributed by atoms with Gasteiger partial charge in [-0.25, -0.2) is 8.78 Å². The fourth-order valence-electron chi connectivity index (χ4n) is 1.22. The monoisotopic (exact) mass is 289 g/mol. The predicted octanol–water partition coefficient (Wildman–Crippen LogP) is 1.66. The molecule has 0 fully saturated rings. The summed E-state index contributed by atoms with van der Waals surface area (Å²) in [5.41, 5.74) is 0.568. The number of amides is 1. The highest BCUT2D eigenvalue weighted by atomic mass is 19.3. The number of halogens is 4. The third-order valence-corrected chi connectivity index (χ3v) is 2.26. The van der Waals surface area contributed by atoms with Gasteiger partial charge in [-0.3, -0.25) is 4.79 Å². The van der Waals surface area contributed by atoms with Gasteiger partial charge in [0, 0.05) is 11.1 Å². The van der Waals surface area contributed by atoms with Crippen molar-refractivity contribution in [2.24, 2.45) is 0 Å². The molecule has 1 aromatic rings. The van der Waals surface area contributed by atoms with Crippen molar-refractivity contribution in [3.63, 3.8) is 0 Å². The number of aliphatic hydroxyl groups excluding tert-OH is 1. The summed E-state index contributed by atoms with van der Waals surface area (Å²) in [7, 11) is 0. The Balaban J connectivity index is 2.65. The predicted molar refractivity (Wildman–Crippen MR) is 63.7 cm³/mol. The molecular formula is C13H11F4NO2. The molecule has 2 N–H and O–H groups in total. The molecule has 0 saturated carbocycles. The summed E-state index contributed by atoms with van der Waals surface area (Å²) >= 11 is 0. The van der Waals surface area contributed by atoms with Crippen LogP contribution in [0, 0.1) is 11.8 Å². The van der Waals surface area contributed by atoms with Gasteiger partial charge in [0.2, 0.25) is 0 Å². The van der Waals surface area contributed by atoms with E-state index in [2.05, 4.69) is 11.8 Å². The van der Waals surface area contributed by atoms with Crippen LogP contribution in [0.4, 0.5) is 17.6 Å². The van der Waals surface area contributed by atoms with E-state index in [1.165, 1.54) is 24.3 Å². The molecule has 0 spiro atoms. The summed E-state index contributed by atoms with van der Waals surface area (Å²) in [4.78, 5) is 11.5. The van der Waals surface area contributed by atoms with Crippen LogP contribution in [0.25, 0.3) is 0 Å². The summed E-state index contributed by atoms with van der Waals surface area (Å²) in [6, 6.07) is 5.53. The Labute approximate surface area is 112 Å². The molecule has 1 rings (SSSR count). The van der Waals surface area contributed by atoms with Crippen LogP contribution < -0.4 is 5.32 Å². The Bertz CT molecular complexity index is 517. The zero-order valence-corrected chi connectivity index (χ0v) is 10.2. The van der Waals surface area contributed by atoms with Crippen LogP contribution in [0.3, 0.4) is 0 Å². The molecule has 1 amide bonds. The van der Waals surface area contributed by atoms with E-state index in [1.54, 1.807) is 5.32 Å². The molecule has 0 atom stereocenters. The smallest absolute Gasteiger partial charge is 0.324 e. The van der Waals surface area contributed by atoms with E-state index in [-0.39, 0.29) is 12.2 Å². The molecule has 0 aliphatic heterocycles. The van der Waals surface area contributed by atoms with Gasteiger partial charge in [-0.15, -0.1) is 0 Å². The Morgan fingerprint density at radius 2 is 1.90 bits per heavy atom. The lowest BCUT2D eigenvalue weighted by Gasteiger charge is -2.15. The summed E-state index contributed by atoms with van der Waals surface area (Å²) in [6.45, 7) is -1.75. The van der Waals surface area contributed by atoms with Crippen molar-refractivity contribution in [2.75, 3.05) is 13.2 Å². The first-order valence-electron chi connectivity index (χ1n) is 5.51. The SMILES string of the molecule is O=C(NCC(F)(F)C(F)F)c1ccc(C#CCO)cc1. The Kier molecular flexibility index (Phi) is 5.53. The fraction of sp³-hybridized carbons (Fsp3) is 0.308. The molecule has 1 aromatic carbocycles. The molecule has 0 heterocycles. The topological polar surface area (TPSA) is 49.3 Å². The van der Waals surface area contributed by atoms with Gasteiger partial charge in [0.05, 0.1) is 6.54 Å². The maximum Gasteiger partial charge on any atom is 0.324 e. The van der Waals surface area contributed by atoms with Crippen molar-refractivity contribution in [2.45, 2.75) is 12.3 Å². The first kappa shape index (κ1) is 16.0. The highest BCUT2D eigenvalue weighted by Gasteiger charge is 2.40. The van der Waals surface area contributed by atoms with Crippen LogP contribution in [0.5, 0.6) is 0 Å². The number of benzene rings is 1. The minimum absolute atomic E-state index is 0.0459. The van der Waals surface area contributed by atoms with Crippen molar-refractivity contribution < 1.29 is 27.5 Å². The Hall–Kier alpha value is -2.07. The van der Waals surface area contributed by atoms with E-state index >= 15 is 0 Å². The molecule has 0 unspecified atom stereocenters. The first-order chi connectivity index (χ1) is 9.36. The molecule has 0 aliphatic rings. The molecule has 0 saturated heterocycles. The average molecular weight is 289 g/mol. The van der Waals surface area contributed by atoms with Crippen LogP contribution in [0.15, 0.2) is 24.3 Å². The van der Waals surface area contributed by atoms with Crippen molar-refractivity contribution in [1.29, 1.82) is 0 Å². The van der Waals surface area contributed by atoms with Crippen LogP contribution in [0.1, 0.15) is 15.9 Å². The number of aliphatic hydroxyl groups is 1. The lowest BCUT2D eigenvalue weighted by Crippen LogP contribution is -2.41. The number of nitrogens with one attached hydrogen (secondary N) is 1. The number of hydrogen-bond donors (Lipinski definition) is 2. The third-order valence-electron chi connectivity index (χ3n) is 2.26. The molecule has 7 heteroatoms. The molecular weight excluding hydrogens is 278 g/mol. The largest absolute Gasteiger partial charge is 0.384 e. The fourth-order valence-corrected chi connectivity index (χ4v) is 1.22. The number of rotatable bonds is 4. The average Bonchev–Trinajstić information content (AvgIpc) is 2.43. The van der Waals surface area contributed by atoms with Gasteiger partial charge in [-0.05, 0) is 24.3 Å². The second-order valence-electron chi connectivity index (χ2n) is 3.78. The Morgan fingerprint density at radius 1 is 1.30 bits per heavy atom. The van der Waals surface area contributed by atoms with E-state index in [0.29, 0.717) is 5.56 Å². The number of alkyl halides is 4. The molecule has 0 aliphatic carbocycles. The molecule has 108 valence electrons. The van der Waals surface area contributed by atoms with Crippen molar-refractivity contribution in [3.05, 3.63) is 35.4 Å². The van der Waals surface area contributed by atoms with Gasteiger partial charge in [-0.1, -0.05) is 11.8 Å². The number of carbonyl (C=O) groups is 1. The summed E-state index contributed by atoms with van der Waals surface area (Å²) < 4.78 is 49.0. The standard InChI is InChI=1S/C13H11F4NO2/c14-12(15)13(16,17)8-18-11(20)10-5-3-9(4-6-10)2-1-7-19/h3-6,12,19H,7-8H2,(H,18,20). The zero-order chi connectivity index (χ0) is 15.2. The van der Waals surface area contributed by atoms with E-state index in [9.17, 15) is 22.4 Å². The van der Waals surface area contributed by atoms with Gasteiger partial charge >= 0.3 is 12.3 Å². The lowest BCUT2D eigenvalue weighted by molar-refractivity contribution is -0.123. The highest BCUT2D eigenvalue weighted by Crippen LogP contribution is 2.21. The van der Waals surface area contributed by atoms with Crippen LogP contribution in [-0.4, -0.2) is 36.5 Å². The maximum absolute atomic E-state index is 12.6. The van der Waals surface area contributed by atoms with Gasteiger partial charge in [0.1, 0.15) is 6.61 Å². The second-order valence-corrected chi connectivity index (χ2v) is 3.78. The summed E-state index contributed by atoms with van der Waals surface area (Å²) in [6.07, 6.45) is -3.83. The molecule has 0 radical (unpaired) electrons. The van der Waals surface area contributed by atoms with Gasteiger partial charge in [0.25, 0.3) is 5.91 Å². The number of hydrogen-bond acceptors (Lipinski definition) is 2. The lowest BCUT2D eigenvalue weighted by atomic mass is 10.1.